The van der Waals surface area contributed by atoms with E-state index < -0.39 is 11.2 Å². The quantitative estimate of drug-likeness (QED) is 0.455. The van der Waals surface area contributed by atoms with Crippen molar-refractivity contribution in [1.82, 2.24) is 4.98 Å². The molecule has 3 rings (SSSR count). The molecule has 0 aliphatic heterocycles. The van der Waals surface area contributed by atoms with E-state index in [0.29, 0.717) is 12.1 Å². The molecule has 0 atom stereocenters. The molecule has 30 heavy (non-hydrogen) atoms. The number of nitrogens with zero attached hydrogens (tertiary/aromatic N) is 1. The number of ether oxygens (including phenoxy) is 2. The number of hydrogen-bond acceptors (Lipinski definition) is 5. The van der Waals surface area contributed by atoms with Gasteiger partial charge < -0.3 is 15.2 Å². The van der Waals surface area contributed by atoms with Gasteiger partial charge in [-0.25, -0.2) is 0 Å². The molecule has 5 heteroatoms. The summed E-state index contributed by atoms with van der Waals surface area (Å²) in [5.74, 6) is 0.517. The topological polar surface area (TPSA) is 74.4 Å². The van der Waals surface area contributed by atoms with Crippen molar-refractivity contribution in [3.63, 3.8) is 0 Å². The molecule has 0 fully saturated rings. The van der Waals surface area contributed by atoms with Crippen molar-refractivity contribution in [2.45, 2.75) is 58.7 Å². The van der Waals surface area contributed by atoms with Gasteiger partial charge in [0, 0.05) is 29.1 Å². The highest BCUT2D eigenvalue weighted by Gasteiger charge is 2.23. The lowest BCUT2D eigenvalue weighted by molar-refractivity contribution is -0.153. The molecule has 2 aromatic carbocycles. The van der Waals surface area contributed by atoms with Crippen LogP contribution in [-0.2, 0) is 22.4 Å². The van der Waals surface area contributed by atoms with Gasteiger partial charge in [0.05, 0.1) is 12.1 Å². The molecule has 3 aromatic rings. The largest absolute Gasteiger partial charge is 0.487 e. The number of fused-ring (bicyclic) bond motifs is 1. The van der Waals surface area contributed by atoms with Crippen molar-refractivity contribution in [3.8, 4) is 5.75 Å². The van der Waals surface area contributed by atoms with Crippen molar-refractivity contribution in [3.05, 3.63) is 66.0 Å². The van der Waals surface area contributed by atoms with Gasteiger partial charge in [0.25, 0.3) is 0 Å². The lowest BCUT2D eigenvalue weighted by Gasteiger charge is -2.28. The number of pyridine rings is 1. The Labute approximate surface area is 178 Å². The highest BCUT2D eigenvalue weighted by atomic mass is 16.6. The zero-order valence-electron chi connectivity index (χ0n) is 18.4. The summed E-state index contributed by atoms with van der Waals surface area (Å²) >= 11 is 0. The van der Waals surface area contributed by atoms with E-state index in [1.54, 1.807) is 6.20 Å². The number of rotatable bonds is 6. The Morgan fingerprint density at radius 1 is 1.00 bits per heavy atom. The van der Waals surface area contributed by atoms with Crippen LogP contribution in [0.2, 0.25) is 0 Å². The molecule has 0 bridgehead atoms. The van der Waals surface area contributed by atoms with Crippen LogP contribution in [0.25, 0.3) is 10.8 Å². The summed E-state index contributed by atoms with van der Waals surface area (Å²) in [4.78, 5) is 16.4. The van der Waals surface area contributed by atoms with Crippen LogP contribution in [0.5, 0.6) is 5.75 Å². The first-order valence-corrected chi connectivity index (χ1v) is 10.1. The molecule has 5 nitrogen and oxygen atoms in total. The van der Waals surface area contributed by atoms with E-state index in [0.717, 1.165) is 27.8 Å². The van der Waals surface area contributed by atoms with Gasteiger partial charge in [0.15, 0.2) is 0 Å². The number of carbonyl (C=O) groups is 1. The Bertz CT molecular complexity index is 1050. The zero-order valence-corrected chi connectivity index (χ0v) is 18.4. The van der Waals surface area contributed by atoms with Crippen molar-refractivity contribution in [1.29, 1.82) is 0 Å². The second-order valence-electron chi connectivity index (χ2n) is 9.16. The van der Waals surface area contributed by atoms with E-state index in [9.17, 15) is 4.79 Å². The van der Waals surface area contributed by atoms with E-state index in [1.807, 2.05) is 83.1 Å². The number of benzene rings is 2. The SMILES string of the molecule is CC(C)(C)OC(=O)Cc1cc(CC(C)(C)Oc2ccc(N)c3ccccc23)ccn1. The highest BCUT2D eigenvalue weighted by molar-refractivity contribution is 5.97. The lowest BCUT2D eigenvalue weighted by Crippen LogP contribution is -2.31. The van der Waals surface area contributed by atoms with Crippen LogP contribution in [0.15, 0.2) is 54.7 Å². The third-order valence-corrected chi connectivity index (χ3v) is 4.56. The molecule has 0 aliphatic carbocycles. The first kappa shape index (κ1) is 21.6. The molecule has 0 aliphatic rings. The highest BCUT2D eigenvalue weighted by Crippen LogP contribution is 2.33. The van der Waals surface area contributed by atoms with Crippen LogP contribution < -0.4 is 10.5 Å². The molecule has 0 spiro atoms. The van der Waals surface area contributed by atoms with Crippen LogP contribution in [0, 0.1) is 0 Å². The maximum Gasteiger partial charge on any atom is 0.312 e. The minimum atomic E-state index is -0.508. The summed E-state index contributed by atoms with van der Waals surface area (Å²) in [5.41, 5.74) is 7.60. The van der Waals surface area contributed by atoms with E-state index in [4.69, 9.17) is 15.2 Å². The first-order valence-electron chi connectivity index (χ1n) is 10.1. The van der Waals surface area contributed by atoms with Crippen molar-refractivity contribution in [2.24, 2.45) is 0 Å². The molecule has 1 heterocycles. The number of hydrogen-bond donors (Lipinski definition) is 1. The van der Waals surface area contributed by atoms with Crippen molar-refractivity contribution in [2.75, 3.05) is 5.73 Å². The van der Waals surface area contributed by atoms with Gasteiger partial charge in [-0.15, -0.1) is 0 Å². The standard InChI is InChI=1S/C25H30N2O3/c1-24(2,3)30-23(28)15-18-14-17(12-13-27-18)16-25(4,5)29-22-11-10-21(26)19-8-6-7-9-20(19)22/h6-14H,15-16,26H2,1-5H3. The fourth-order valence-corrected chi connectivity index (χ4v) is 3.47. The summed E-state index contributed by atoms with van der Waals surface area (Å²) in [5, 5.41) is 1.97. The van der Waals surface area contributed by atoms with Gasteiger partial charge in [-0.1, -0.05) is 24.3 Å². The normalized spacial score (nSPS) is 12.0. The minimum Gasteiger partial charge on any atom is -0.487 e. The summed E-state index contributed by atoms with van der Waals surface area (Å²) in [6, 6.07) is 15.6. The Morgan fingerprint density at radius 2 is 1.70 bits per heavy atom. The van der Waals surface area contributed by atoms with Gasteiger partial charge in [-0.05, 0) is 64.4 Å². The predicted molar refractivity (Wildman–Crippen MR) is 121 cm³/mol. The second kappa shape index (κ2) is 8.34. The summed E-state index contributed by atoms with van der Waals surface area (Å²) in [7, 11) is 0. The molecule has 1 aromatic heterocycles. The molecule has 0 saturated carbocycles. The maximum absolute atomic E-state index is 12.1. The first-order chi connectivity index (χ1) is 14.0. The maximum atomic E-state index is 12.1. The monoisotopic (exact) mass is 406 g/mol. The van der Waals surface area contributed by atoms with Gasteiger partial charge >= 0.3 is 5.97 Å². The van der Waals surface area contributed by atoms with Crippen LogP contribution in [-0.4, -0.2) is 22.2 Å². The average molecular weight is 407 g/mol. The Balaban J connectivity index is 1.75. The zero-order chi connectivity index (χ0) is 21.9. The molecule has 2 N–H and O–H groups in total. The van der Waals surface area contributed by atoms with Gasteiger partial charge in [0.1, 0.15) is 17.0 Å². The predicted octanol–water partition coefficient (Wildman–Crippen LogP) is 5.10. The Morgan fingerprint density at radius 3 is 2.40 bits per heavy atom. The Kier molecular flexibility index (Phi) is 6.01. The molecule has 0 amide bonds. The Hall–Kier alpha value is -3.08. The van der Waals surface area contributed by atoms with E-state index >= 15 is 0 Å². The van der Waals surface area contributed by atoms with Crippen molar-refractivity contribution < 1.29 is 14.3 Å². The number of aromatic nitrogens is 1. The molecule has 0 saturated heterocycles. The minimum absolute atomic E-state index is 0.148. The third kappa shape index (κ3) is 5.72. The number of carbonyl (C=O) groups excluding carboxylic acids is 1. The summed E-state index contributed by atoms with van der Waals surface area (Å²) in [6.07, 6.45) is 2.54. The van der Waals surface area contributed by atoms with Gasteiger partial charge in [0.2, 0.25) is 0 Å². The molecular formula is C25H30N2O3. The van der Waals surface area contributed by atoms with Crippen LogP contribution in [0.1, 0.15) is 45.9 Å². The molecule has 0 radical (unpaired) electrons. The third-order valence-electron chi connectivity index (χ3n) is 4.56. The fraction of sp³-hybridized carbons (Fsp3) is 0.360. The summed E-state index contributed by atoms with van der Waals surface area (Å²) < 4.78 is 11.8. The fourth-order valence-electron chi connectivity index (χ4n) is 3.47. The smallest absolute Gasteiger partial charge is 0.312 e. The number of esters is 1. The molecule has 158 valence electrons. The second-order valence-corrected chi connectivity index (χ2v) is 9.16. The number of anilines is 1. The van der Waals surface area contributed by atoms with Crippen molar-refractivity contribution >= 4 is 22.4 Å². The van der Waals surface area contributed by atoms with Crippen LogP contribution >= 0.6 is 0 Å². The van der Waals surface area contributed by atoms with Crippen LogP contribution in [0.3, 0.4) is 0 Å². The molecular weight excluding hydrogens is 376 g/mol. The van der Waals surface area contributed by atoms with E-state index in [1.165, 1.54) is 0 Å². The number of nitrogens with two attached hydrogens (primary N) is 1. The van der Waals surface area contributed by atoms with Gasteiger partial charge in [-0.3, -0.25) is 9.78 Å². The molecule has 0 unspecified atom stereocenters. The van der Waals surface area contributed by atoms with E-state index in [-0.39, 0.29) is 12.4 Å². The van der Waals surface area contributed by atoms with E-state index in [2.05, 4.69) is 4.98 Å². The van der Waals surface area contributed by atoms with Gasteiger partial charge in [-0.2, -0.15) is 0 Å². The summed E-state index contributed by atoms with van der Waals surface area (Å²) in [6.45, 7) is 9.67. The number of nitrogen functional groups attached to an aromatic ring is 1. The average Bonchev–Trinajstić information content (AvgIpc) is 2.62. The lowest BCUT2D eigenvalue weighted by atomic mass is 9.97. The van der Waals surface area contributed by atoms with Crippen LogP contribution in [0.4, 0.5) is 5.69 Å².